The Morgan fingerprint density at radius 3 is 2.60 bits per heavy atom. The molecule has 3 rings (SSSR count). The Bertz CT molecular complexity index is 445. The number of hydrogen-bond acceptors (Lipinski definition) is 5. The highest BCUT2D eigenvalue weighted by Crippen LogP contribution is 2.42. The molecule has 1 aliphatic heterocycles. The third-order valence-corrected chi connectivity index (χ3v) is 5.37. The minimum absolute atomic E-state index is 0.195. The first-order chi connectivity index (χ1) is 9.71. The Balaban J connectivity index is 1.67. The Labute approximate surface area is 124 Å². The summed E-state index contributed by atoms with van der Waals surface area (Å²) in [5.74, 6) is 0.501. The van der Waals surface area contributed by atoms with E-state index in [1.807, 2.05) is 23.9 Å². The molecule has 2 aliphatic rings. The van der Waals surface area contributed by atoms with Gasteiger partial charge in [0.1, 0.15) is 5.75 Å². The second kappa shape index (κ2) is 5.93. The number of methoxy groups -OCH3 is 1. The molecule has 4 nitrogen and oxygen atoms in total. The summed E-state index contributed by atoms with van der Waals surface area (Å²) in [7, 11) is 1.68. The van der Waals surface area contributed by atoms with Crippen LogP contribution in [0.5, 0.6) is 5.75 Å². The fourth-order valence-corrected chi connectivity index (χ4v) is 4.14. The van der Waals surface area contributed by atoms with Crippen molar-refractivity contribution in [2.75, 3.05) is 20.3 Å². The Morgan fingerprint density at radius 2 is 1.95 bits per heavy atom. The number of hydrogen-bond donors (Lipinski definition) is 1. The van der Waals surface area contributed by atoms with Crippen LogP contribution in [-0.2, 0) is 9.47 Å². The van der Waals surface area contributed by atoms with Crippen molar-refractivity contribution in [2.45, 2.75) is 41.2 Å². The zero-order valence-electron chi connectivity index (χ0n) is 11.7. The van der Waals surface area contributed by atoms with E-state index < -0.39 is 0 Å². The summed E-state index contributed by atoms with van der Waals surface area (Å²) in [6.07, 6.45) is 2.73. The van der Waals surface area contributed by atoms with Gasteiger partial charge in [0.15, 0.2) is 5.79 Å². The molecular formula is C15H21NO3S. The average Bonchev–Trinajstić information content (AvgIpc) is 2.92. The van der Waals surface area contributed by atoms with Crippen LogP contribution in [0.15, 0.2) is 29.2 Å². The molecule has 0 aromatic heterocycles. The summed E-state index contributed by atoms with van der Waals surface area (Å²) in [6, 6.07) is 8.31. The van der Waals surface area contributed by atoms with Crippen molar-refractivity contribution in [3.05, 3.63) is 24.3 Å². The fourth-order valence-electron chi connectivity index (χ4n) is 2.85. The maximum Gasteiger partial charge on any atom is 0.169 e. The van der Waals surface area contributed by atoms with Gasteiger partial charge in [-0.15, -0.1) is 11.8 Å². The van der Waals surface area contributed by atoms with Crippen molar-refractivity contribution >= 4 is 11.8 Å². The van der Waals surface area contributed by atoms with Gasteiger partial charge in [-0.2, -0.15) is 0 Å². The van der Waals surface area contributed by atoms with Gasteiger partial charge in [0, 0.05) is 29.0 Å². The molecule has 2 atom stereocenters. The first-order valence-electron chi connectivity index (χ1n) is 7.05. The molecule has 20 heavy (non-hydrogen) atoms. The lowest BCUT2D eigenvalue weighted by Gasteiger charge is -2.39. The molecule has 5 heteroatoms. The van der Waals surface area contributed by atoms with Crippen molar-refractivity contribution in [1.82, 2.24) is 0 Å². The van der Waals surface area contributed by atoms with Gasteiger partial charge in [-0.1, -0.05) is 0 Å². The Morgan fingerprint density at radius 1 is 1.25 bits per heavy atom. The summed E-state index contributed by atoms with van der Waals surface area (Å²) < 4.78 is 16.8. The van der Waals surface area contributed by atoms with Crippen LogP contribution < -0.4 is 10.5 Å². The molecule has 110 valence electrons. The van der Waals surface area contributed by atoms with Gasteiger partial charge in [-0.05, 0) is 30.7 Å². The molecule has 2 fully saturated rings. The molecule has 0 radical (unpaired) electrons. The van der Waals surface area contributed by atoms with Crippen LogP contribution in [0.4, 0.5) is 0 Å². The maximum atomic E-state index is 6.28. The molecule has 0 bridgehead atoms. The first kappa shape index (κ1) is 14.2. The standard InChI is InChI=1S/C15H21NO3S/c1-17-11-2-4-12(5-3-11)20-14-10-15(7-6-13(14)16)18-8-9-19-15/h2-5,13-14H,6-10,16H2,1H3. The van der Waals surface area contributed by atoms with Gasteiger partial charge in [0.2, 0.25) is 0 Å². The molecule has 1 aliphatic carbocycles. The van der Waals surface area contributed by atoms with Crippen LogP contribution in [-0.4, -0.2) is 37.4 Å². The largest absolute Gasteiger partial charge is 0.497 e. The van der Waals surface area contributed by atoms with E-state index in [1.165, 1.54) is 4.90 Å². The molecule has 2 N–H and O–H groups in total. The maximum absolute atomic E-state index is 6.28. The van der Waals surface area contributed by atoms with E-state index in [0.717, 1.165) is 25.0 Å². The summed E-state index contributed by atoms with van der Waals surface area (Å²) in [4.78, 5) is 1.21. The fraction of sp³-hybridized carbons (Fsp3) is 0.600. The van der Waals surface area contributed by atoms with E-state index in [0.29, 0.717) is 18.5 Å². The molecule has 1 spiro atoms. The third kappa shape index (κ3) is 2.96. The third-order valence-electron chi connectivity index (χ3n) is 4.01. The van der Waals surface area contributed by atoms with Gasteiger partial charge in [0.25, 0.3) is 0 Å². The van der Waals surface area contributed by atoms with Crippen molar-refractivity contribution in [1.29, 1.82) is 0 Å². The Kier molecular flexibility index (Phi) is 4.21. The molecule has 2 unspecified atom stereocenters. The first-order valence-corrected chi connectivity index (χ1v) is 7.93. The second-order valence-corrected chi connectivity index (χ2v) is 6.66. The lowest BCUT2D eigenvalue weighted by molar-refractivity contribution is -0.176. The lowest BCUT2D eigenvalue weighted by Crippen LogP contribution is -2.47. The lowest BCUT2D eigenvalue weighted by atomic mass is 9.90. The summed E-state index contributed by atoms with van der Waals surface area (Å²) >= 11 is 1.81. The summed E-state index contributed by atoms with van der Waals surface area (Å²) in [5, 5.41) is 0.329. The molecule has 1 aromatic carbocycles. The van der Waals surface area contributed by atoms with E-state index in [4.69, 9.17) is 19.9 Å². The highest BCUT2D eigenvalue weighted by molar-refractivity contribution is 8.00. The molecule has 1 aromatic rings. The monoisotopic (exact) mass is 295 g/mol. The zero-order valence-corrected chi connectivity index (χ0v) is 12.5. The predicted molar refractivity (Wildman–Crippen MR) is 79.1 cm³/mol. The number of nitrogens with two attached hydrogens (primary N) is 1. The zero-order chi connectivity index (χ0) is 14.0. The van der Waals surface area contributed by atoms with Crippen LogP contribution in [0.2, 0.25) is 0 Å². The molecule has 0 amide bonds. The van der Waals surface area contributed by atoms with Crippen LogP contribution in [0.25, 0.3) is 0 Å². The summed E-state index contributed by atoms with van der Waals surface area (Å²) in [5.41, 5.74) is 6.28. The highest BCUT2D eigenvalue weighted by Gasteiger charge is 2.44. The minimum atomic E-state index is -0.375. The van der Waals surface area contributed by atoms with E-state index >= 15 is 0 Å². The molecule has 1 heterocycles. The molecular weight excluding hydrogens is 274 g/mol. The number of ether oxygens (including phenoxy) is 3. The second-order valence-electron chi connectivity index (χ2n) is 5.35. The van der Waals surface area contributed by atoms with Gasteiger partial charge in [0.05, 0.1) is 20.3 Å². The van der Waals surface area contributed by atoms with Crippen molar-refractivity contribution < 1.29 is 14.2 Å². The highest BCUT2D eigenvalue weighted by atomic mass is 32.2. The number of rotatable bonds is 3. The van der Waals surface area contributed by atoms with Gasteiger partial charge < -0.3 is 19.9 Å². The quantitative estimate of drug-likeness (QED) is 0.928. The predicted octanol–water partition coefficient (Wildman–Crippen LogP) is 2.41. The van der Waals surface area contributed by atoms with Crippen molar-refractivity contribution in [2.24, 2.45) is 5.73 Å². The molecule has 1 saturated carbocycles. The normalized spacial score (nSPS) is 28.7. The van der Waals surface area contributed by atoms with E-state index in [1.54, 1.807) is 7.11 Å². The summed E-state index contributed by atoms with van der Waals surface area (Å²) in [6.45, 7) is 1.41. The van der Waals surface area contributed by atoms with Crippen LogP contribution in [0, 0.1) is 0 Å². The minimum Gasteiger partial charge on any atom is -0.497 e. The van der Waals surface area contributed by atoms with Crippen molar-refractivity contribution in [3.63, 3.8) is 0 Å². The average molecular weight is 295 g/mol. The van der Waals surface area contributed by atoms with Crippen LogP contribution >= 0.6 is 11.8 Å². The van der Waals surface area contributed by atoms with Crippen LogP contribution in [0.3, 0.4) is 0 Å². The van der Waals surface area contributed by atoms with E-state index in [2.05, 4.69) is 12.1 Å². The van der Waals surface area contributed by atoms with Crippen molar-refractivity contribution in [3.8, 4) is 5.75 Å². The molecule has 1 saturated heterocycles. The SMILES string of the molecule is COc1ccc(SC2CC3(CCC2N)OCCO3)cc1. The van der Waals surface area contributed by atoms with Gasteiger partial charge >= 0.3 is 0 Å². The Hall–Kier alpha value is -0.750. The number of thioether (sulfide) groups is 1. The van der Waals surface area contributed by atoms with E-state index in [9.17, 15) is 0 Å². The van der Waals surface area contributed by atoms with Gasteiger partial charge in [-0.25, -0.2) is 0 Å². The smallest absolute Gasteiger partial charge is 0.169 e. The van der Waals surface area contributed by atoms with Crippen LogP contribution in [0.1, 0.15) is 19.3 Å². The van der Waals surface area contributed by atoms with E-state index in [-0.39, 0.29) is 11.8 Å². The topological polar surface area (TPSA) is 53.7 Å². The van der Waals surface area contributed by atoms with Gasteiger partial charge in [-0.3, -0.25) is 0 Å². The number of benzene rings is 1.